The highest BCUT2D eigenvalue weighted by molar-refractivity contribution is 7.88. The number of hydrogen-bond acceptors (Lipinski definition) is 5. The normalized spacial score (nSPS) is 23.7. The van der Waals surface area contributed by atoms with Gasteiger partial charge in [0.2, 0.25) is 10.0 Å². The maximum absolute atomic E-state index is 12.9. The summed E-state index contributed by atoms with van der Waals surface area (Å²) in [6.07, 6.45) is 3.20. The molecule has 0 unspecified atom stereocenters. The van der Waals surface area contributed by atoms with Crippen LogP contribution in [0.3, 0.4) is 0 Å². The highest BCUT2D eigenvalue weighted by Crippen LogP contribution is 2.30. The molecular weight excluding hydrogens is 362 g/mol. The fourth-order valence-corrected chi connectivity index (χ4v) is 4.70. The molecule has 0 N–H and O–H groups in total. The first-order chi connectivity index (χ1) is 12.6. The monoisotopic (exact) mass is 391 g/mol. The SMILES string of the molecule is CC1(C)CN(Cc2ccccc2)C/C(=C\N2CCN(S(C)(=O)=O)CC2)C1=O. The first kappa shape index (κ1) is 20.0. The van der Waals surface area contributed by atoms with Gasteiger partial charge in [-0.1, -0.05) is 44.2 Å². The van der Waals surface area contributed by atoms with Gasteiger partial charge in [0.05, 0.1) is 6.26 Å². The van der Waals surface area contributed by atoms with Gasteiger partial charge in [-0.3, -0.25) is 9.69 Å². The molecule has 0 aliphatic carbocycles. The van der Waals surface area contributed by atoms with Gasteiger partial charge < -0.3 is 4.90 Å². The Morgan fingerprint density at radius 2 is 1.70 bits per heavy atom. The molecule has 0 bridgehead atoms. The number of ketones is 1. The van der Waals surface area contributed by atoms with Crippen molar-refractivity contribution in [3.63, 3.8) is 0 Å². The van der Waals surface area contributed by atoms with Crippen molar-refractivity contribution < 1.29 is 13.2 Å². The molecule has 2 heterocycles. The molecule has 1 aromatic carbocycles. The molecule has 7 heteroatoms. The lowest BCUT2D eigenvalue weighted by Crippen LogP contribution is -2.49. The Bertz CT molecular complexity index is 810. The third kappa shape index (κ3) is 4.97. The largest absolute Gasteiger partial charge is 0.374 e. The molecule has 6 nitrogen and oxygen atoms in total. The molecule has 0 radical (unpaired) electrons. The Kier molecular flexibility index (Phi) is 5.74. The first-order valence-corrected chi connectivity index (χ1v) is 11.2. The van der Waals surface area contributed by atoms with Crippen molar-refractivity contribution in [2.75, 3.05) is 45.5 Å². The lowest BCUT2D eigenvalue weighted by molar-refractivity contribution is -0.126. The maximum atomic E-state index is 12.9. The molecule has 2 aliphatic rings. The Morgan fingerprint density at radius 3 is 2.30 bits per heavy atom. The van der Waals surface area contributed by atoms with Gasteiger partial charge in [-0.25, -0.2) is 8.42 Å². The molecule has 0 aromatic heterocycles. The van der Waals surface area contributed by atoms with Crippen molar-refractivity contribution in [2.45, 2.75) is 20.4 Å². The van der Waals surface area contributed by atoms with Crippen LogP contribution in [0.1, 0.15) is 19.4 Å². The van der Waals surface area contributed by atoms with Crippen molar-refractivity contribution in [3.8, 4) is 0 Å². The predicted molar refractivity (Wildman–Crippen MR) is 107 cm³/mol. The summed E-state index contributed by atoms with van der Waals surface area (Å²) in [4.78, 5) is 17.3. The summed E-state index contributed by atoms with van der Waals surface area (Å²) >= 11 is 0. The van der Waals surface area contributed by atoms with Gasteiger partial charge in [0.25, 0.3) is 0 Å². The topological polar surface area (TPSA) is 60.9 Å². The average Bonchev–Trinajstić information content (AvgIpc) is 2.59. The van der Waals surface area contributed by atoms with Gasteiger partial charge in [0, 0.05) is 63.0 Å². The number of piperidine rings is 1. The van der Waals surface area contributed by atoms with E-state index in [1.807, 2.05) is 38.2 Å². The number of Topliss-reactive ketones (excluding diaryl/α,β-unsaturated/α-hetero) is 1. The minimum Gasteiger partial charge on any atom is -0.374 e. The Morgan fingerprint density at radius 1 is 1.07 bits per heavy atom. The van der Waals surface area contributed by atoms with Crippen LogP contribution >= 0.6 is 0 Å². The quantitative estimate of drug-likeness (QED) is 0.729. The van der Waals surface area contributed by atoms with E-state index >= 15 is 0 Å². The lowest BCUT2D eigenvalue weighted by atomic mass is 9.80. The summed E-state index contributed by atoms with van der Waals surface area (Å²) in [5, 5.41) is 0. The number of rotatable bonds is 4. The molecule has 27 heavy (non-hydrogen) atoms. The highest BCUT2D eigenvalue weighted by Gasteiger charge is 2.38. The van der Waals surface area contributed by atoms with Gasteiger partial charge in [-0.15, -0.1) is 0 Å². The number of nitrogens with zero attached hydrogens (tertiary/aromatic N) is 3. The van der Waals surface area contributed by atoms with E-state index in [2.05, 4.69) is 21.9 Å². The third-order valence-electron chi connectivity index (χ3n) is 5.25. The molecule has 0 amide bonds. The lowest BCUT2D eigenvalue weighted by Gasteiger charge is -2.39. The average molecular weight is 392 g/mol. The fourth-order valence-electron chi connectivity index (χ4n) is 3.87. The van der Waals surface area contributed by atoms with Crippen LogP contribution in [0, 0.1) is 5.41 Å². The Balaban J connectivity index is 1.71. The number of sulfonamides is 1. The standard InChI is InChI=1S/C20H29N3O3S/c1-20(2)16-22(13-17-7-5-4-6-8-17)15-18(19(20)24)14-21-9-11-23(12-10-21)27(3,25)26/h4-8,14H,9-13,15-16H2,1-3H3/b18-14+. The van der Waals surface area contributed by atoms with Crippen LogP contribution in [0.25, 0.3) is 0 Å². The van der Waals surface area contributed by atoms with Gasteiger partial charge in [-0.05, 0) is 5.56 Å². The van der Waals surface area contributed by atoms with E-state index in [1.54, 1.807) is 0 Å². The molecule has 2 fully saturated rings. The van der Waals surface area contributed by atoms with Gasteiger partial charge in [0.15, 0.2) is 5.78 Å². The van der Waals surface area contributed by atoms with E-state index in [0.29, 0.717) is 32.7 Å². The summed E-state index contributed by atoms with van der Waals surface area (Å²) < 4.78 is 24.8. The zero-order valence-corrected chi connectivity index (χ0v) is 17.2. The zero-order chi connectivity index (χ0) is 19.7. The fraction of sp³-hybridized carbons (Fsp3) is 0.550. The van der Waals surface area contributed by atoms with Crippen LogP contribution in [0.4, 0.5) is 0 Å². The second-order valence-corrected chi connectivity index (χ2v) is 10.2. The van der Waals surface area contributed by atoms with E-state index in [9.17, 15) is 13.2 Å². The minimum absolute atomic E-state index is 0.192. The molecule has 0 spiro atoms. The van der Waals surface area contributed by atoms with E-state index in [0.717, 1.165) is 18.7 Å². The van der Waals surface area contributed by atoms with Gasteiger partial charge in [-0.2, -0.15) is 4.31 Å². The predicted octanol–water partition coefficient (Wildman–Crippen LogP) is 1.56. The Labute approximate surface area is 162 Å². The smallest absolute Gasteiger partial charge is 0.211 e. The first-order valence-electron chi connectivity index (χ1n) is 9.36. The minimum atomic E-state index is -3.14. The number of benzene rings is 1. The summed E-state index contributed by atoms with van der Waals surface area (Å²) in [6.45, 7) is 8.34. The number of likely N-dealkylation sites (tertiary alicyclic amines) is 1. The molecule has 2 saturated heterocycles. The maximum Gasteiger partial charge on any atom is 0.211 e. The number of carbonyl (C=O) groups excluding carboxylic acids is 1. The number of piperazine rings is 1. The molecule has 3 rings (SSSR count). The second kappa shape index (κ2) is 7.73. The van der Waals surface area contributed by atoms with Crippen LogP contribution in [0.2, 0.25) is 0 Å². The second-order valence-electron chi connectivity index (χ2n) is 8.20. The number of carbonyl (C=O) groups is 1. The van der Waals surface area contributed by atoms with Crippen LogP contribution in [-0.2, 0) is 21.4 Å². The number of hydrogen-bond donors (Lipinski definition) is 0. The molecule has 2 aliphatic heterocycles. The van der Waals surface area contributed by atoms with Crippen molar-refractivity contribution in [1.29, 1.82) is 0 Å². The van der Waals surface area contributed by atoms with E-state index in [4.69, 9.17) is 0 Å². The summed E-state index contributed by atoms with van der Waals surface area (Å²) in [6, 6.07) is 10.3. The third-order valence-corrected chi connectivity index (χ3v) is 6.55. The van der Waals surface area contributed by atoms with Crippen molar-refractivity contribution in [2.24, 2.45) is 5.41 Å². The van der Waals surface area contributed by atoms with E-state index < -0.39 is 15.4 Å². The van der Waals surface area contributed by atoms with Crippen molar-refractivity contribution in [3.05, 3.63) is 47.7 Å². The molecule has 0 atom stereocenters. The van der Waals surface area contributed by atoms with Crippen LogP contribution in [0.5, 0.6) is 0 Å². The van der Waals surface area contributed by atoms with E-state index in [-0.39, 0.29) is 5.78 Å². The molecular formula is C20H29N3O3S. The summed E-state index contributed by atoms with van der Waals surface area (Å²) in [5.74, 6) is 0.192. The molecule has 1 aromatic rings. The van der Waals surface area contributed by atoms with Gasteiger partial charge >= 0.3 is 0 Å². The molecule has 0 saturated carbocycles. The highest BCUT2D eigenvalue weighted by atomic mass is 32.2. The zero-order valence-electron chi connectivity index (χ0n) is 16.4. The summed E-state index contributed by atoms with van der Waals surface area (Å²) in [5.41, 5.74) is 1.63. The summed E-state index contributed by atoms with van der Waals surface area (Å²) in [7, 11) is -3.14. The van der Waals surface area contributed by atoms with Crippen molar-refractivity contribution in [1.82, 2.24) is 14.1 Å². The van der Waals surface area contributed by atoms with Crippen molar-refractivity contribution >= 4 is 15.8 Å². The van der Waals surface area contributed by atoms with Crippen LogP contribution in [0.15, 0.2) is 42.1 Å². The van der Waals surface area contributed by atoms with Crippen LogP contribution in [-0.4, -0.2) is 73.8 Å². The van der Waals surface area contributed by atoms with E-state index in [1.165, 1.54) is 16.1 Å². The van der Waals surface area contributed by atoms with Gasteiger partial charge in [0.1, 0.15) is 0 Å². The Hall–Kier alpha value is -1.70. The molecule has 148 valence electrons. The van der Waals surface area contributed by atoms with Crippen LogP contribution < -0.4 is 0 Å².